The van der Waals surface area contributed by atoms with E-state index < -0.39 is 42.2 Å². The molecule has 1 heterocycles. The molecule has 4 aromatic carbocycles. The molecular weight excluding hydrogens is 687 g/mol. The molecule has 9 heteroatoms. The Morgan fingerprint density at radius 1 is 0.642 bits per heavy atom. The number of aliphatic hydroxyl groups is 1. The van der Waals surface area contributed by atoms with Gasteiger partial charge in [-0.3, -0.25) is 0 Å². The lowest BCUT2D eigenvalue weighted by Crippen LogP contribution is -2.69. The molecule has 1 N–H and O–H groups in total. The summed E-state index contributed by atoms with van der Waals surface area (Å²) in [5.74, 6) is -1.67. The van der Waals surface area contributed by atoms with Gasteiger partial charge >= 0.3 is 0 Å². The van der Waals surface area contributed by atoms with E-state index in [2.05, 4.69) is 29.7 Å². The Morgan fingerprint density at radius 3 is 1.42 bits per heavy atom. The third-order valence-corrected chi connectivity index (χ3v) is 11.7. The molecule has 4 aromatic rings. The second-order valence-electron chi connectivity index (χ2n) is 14.7. The van der Waals surface area contributed by atoms with Crippen LogP contribution in [0.5, 0.6) is 0 Å². The second kappa shape index (κ2) is 17.7. The Kier molecular flexibility index (Phi) is 12.6. The number of rotatable bonds is 14. The molecule has 7 rings (SSSR count). The van der Waals surface area contributed by atoms with Crippen LogP contribution >= 0.6 is 11.8 Å². The minimum Gasteiger partial charge on any atom is -0.392 e. The maximum absolute atomic E-state index is 12.5. The fourth-order valence-electron chi connectivity index (χ4n) is 8.38. The molecule has 53 heavy (non-hydrogen) atoms. The predicted octanol–water partition coefficient (Wildman–Crippen LogP) is 7.69. The van der Waals surface area contributed by atoms with Crippen LogP contribution in [-0.4, -0.2) is 59.4 Å². The van der Waals surface area contributed by atoms with E-state index in [9.17, 15) is 10.4 Å². The number of fused-ring (bicyclic) bond motifs is 1. The van der Waals surface area contributed by atoms with Crippen molar-refractivity contribution in [3.63, 3.8) is 0 Å². The largest absolute Gasteiger partial charge is 0.392 e. The standard InChI is InChI=1S/C44H49NO7S/c1-44(2)51-28-35(52-44)34-23-36(53-29-45)39(46)38-37(34)40(47-24-30-15-7-3-8-16-30)42(49-26-32-19-11-5-12-20-32)43(50-27-33-21-13-6-14-22-33)41(38)48-25-31-17-9-4-10-18-31/h3-22,34-43,46H,23-28H2,1-2H3/t34-,35-,36+,37-,38-,39-,40-,41-,42+,43+/m1/s1. The fraction of sp³-hybridized carbons (Fsp3) is 0.432. The fourth-order valence-corrected chi connectivity index (χ4v) is 9.16. The van der Waals surface area contributed by atoms with Crippen molar-refractivity contribution >= 4 is 11.8 Å². The first-order valence-corrected chi connectivity index (χ1v) is 19.4. The topological polar surface area (TPSA) is 99.4 Å². The van der Waals surface area contributed by atoms with Crippen LogP contribution in [-0.2, 0) is 54.8 Å². The lowest BCUT2D eigenvalue weighted by molar-refractivity contribution is -0.279. The van der Waals surface area contributed by atoms with Crippen LogP contribution in [0.1, 0.15) is 42.5 Å². The van der Waals surface area contributed by atoms with Crippen LogP contribution in [0.15, 0.2) is 121 Å². The van der Waals surface area contributed by atoms with Gasteiger partial charge in [0.05, 0.1) is 57.5 Å². The Hall–Kier alpha value is -3.56. The molecule has 0 unspecified atom stereocenters. The van der Waals surface area contributed by atoms with E-state index in [1.807, 2.05) is 111 Å². The number of hydrogen-bond acceptors (Lipinski definition) is 9. The molecule has 0 spiro atoms. The van der Waals surface area contributed by atoms with Gasteiger partial charge in [-0.15, -0.1) is 0 Å². The summed E-state index contributed by atoms with van der Waals surface area (Å²) in [6.45, 7) is 5.55. The first kappa shape index (κ1) is 37.7. The van der Waals surface area contributed by atoms with Crippen molar-refractivity contribution in [3.8, 4) is 5.40 Å². The van der Waals surface area contributed by atoms with Gasteiger partial charge < -0.3 is 33.5 Å². The summed E-state index contributed by atoms with van der Waals surface area (Å²) in [5, 5.41) is 24.3. The number of thioether (sulfide) groups is 1. The smallest absolute Gasteiger partial charge is 0.163 e. The third kappa shape index (κ3) is 9.22. The van der Waals surface area contributed by atoms with Crippen molar-refractivity contribution in [3.05, 3.63) is 144 Å². The molecular formula is C44H49NO7S. The Labute approximate surface area is 317 Å². The number of nitrogens with zero attached hydrogens (tertiary/aromatic N) is 1. The first-order chi connectivity index (χ1) is 25.9. The summed E-state index contributed by atoms with van der Waals surface area (Å²) in [5.41, 5.74) is 4.08. The molecule has 2 saturated carbocycles. The number of aliphatic hydroxyl groups excluding tert-OH is 1. The van der Waals surface area contributed by atoms with Gasteiger partial charge in [-0.25, -0.2) is 0 Å². The van der Waals surface area contributed by atoms with Gasteiger partial charge in [-0.2, -0.15) is 5.26 Å². The Balaban J connectivity index is 1.34. The lowest BCUT2D eigenvalue weighted by Gasteiger charge is -2.57. The average Bonchev–Trinajstić information content (AvgIpc) is 3.56. The van der Waals surface area contributed by atoms with Crippen LogP contribution in [0.25, 0.3) is 0 Å². The number of ether oxygens (including phenoxy) is 6. The molecule has 1 aliphatic heterocycles. The Bertz CT molecular complexity index is 1740. The van der Waals surface area contributed by atoms with Crippen molar-refractivity contribution in [2.45, 2.75) is 94.4 Å². The lowest BCUT2D eigenvalue weighted by atomic mass is 9.58. The summed E-state index contributed by atoms with van der Waals surface area (Å²) in [6.07, 6.45) is -3.00. The summed E-state index contributed by atoms with van der Waals surface area (Å²) >= 11 is 1.12. The van der Waals surface area contributed by atoms with Crippen LogP contribution in [0, 0.1) is 28.4 Å². The molecule has 0 aromatic heterocycles. The van der Waals surface area contributed by atoms with Gasteiger partial charge in [-0.05, 0) is 60.2 Å². The summed E-state index contributed by atoms with van der Waals surface area (Å²) < 4.78 is 40.8. The van der Waals surface area contributed by atoms with Crippen molar-refractivity contribution < 1.29 is 33.5 Å². The quantitative estimate of drug-likeness (QED) is 0.131. The normalized spacial score (nSPS) is 30.7. The molecule has 3 aliphatic rings. The van der Waals surface area contributed by atoms with Gasteiger partial charge in [-0.1, -0.05) is 121 Å². The van der Waals surface area contributed by atoms with Crippen LogP contribution in [0.3, 0.4) is 0 Å². The van der Waals surface area contributed by atoms with E-state index in [0.29, 0.717) is 39.5 Å². The highest BCUT2D eigenvalue weighted by molar-refractivity contribution is 8.04. The maximum Gasteiger partial charge on any atom is 0.163 e. The summed E-state index contributed by atoms with van der Waals surface area (Å²) in [7, 11) is 0. The van der Waals surface area contributed by atoms with Crippen molar-refractivity contribution in [1.29, 1.82) is 5.26 Å². The van der Waals surface area contributed by atoms with Crippen LogP contribution in [0.2, 0.25) is 0 Å². The van der Waals surface area contributed by atoms with E-state index in [1.54, 1.807) is 0 Å². The second-order valence-corrected chi connectivity index (χ2v) is 15.7. The zero-order chi connectivity index (χ0) is 36.6. The van der Waals surface area contributed by atoms with E-state index in [-0.39, 0.29) is 23.2 Å². The number of thiocyanates is 1. The van der Waals surface area contributed by atoms with E-state index in [1.165, 1.54) is 0 Å². The number of hydrogen-bond donors (Lipinski definition) is 1. The number of benzene rings is 4. The average molecular weight is 736 g/mol. The first-order valence-electron chi connectivity index (χ1n) is 18.6. The highest BCUT2D eigenvalue weighted by Gasteiger charge is 2.62. The Morgan fingerprint density at radius 2 is 1.04 bits per heavy atom. The molecule has 0 radical (unpaired) electrons. The SMILES string of the molecule is CC1(C)OC[C@H]([C@H]2C[C@H](SC#N)[C@@H](O)[C@@H]3[C@@H](OCc4ccccc4)[C@H](OCc4ccccc4)[C@@H](OCc4ccccc4)[C@H](OCc4ccccc4)[C@H]23)O1. The zero-order valence-corrected chi connectivity index (χ0v) is 31.1. The van der Waals surface area contributed by atoms with Crippen molar-refractivity contribution in [2.75, 3.05) is 6.61 Å². The van der Waals surface area contributed by atoms with E-state index in [4.69, 9.17) is 28.4 Å². The van der Waals surface area contributed by atoms with Crippen molar-refractivity contribution in [2.24, 2.45) is 17.8 Å². The minimum atomic E-state index is -0.891. The van der Waals surface area contributed by atoms with Gasteiger partial charge in [0.15, 0.2) is 5.79 Å². The summed E-state index contributed by atoms with van der Waals surface area (Å²) in [4.78, 5) is 0. The third-order valence-electron chi connectivity index (χ3n) is 10.8. The predicted molar refractivity (Wildman–Crippen MR) is 203 cm³/mol. The molecule has 1 saturated heterocycles. The zero-order valence-electron chi connectivity index (χ0n) is 30.3. The monoisotopic (exact) mass is 735 g/mol. The van der Waals surface area contributed by atoms with Gasteiger partial charge in [0, 0.05) is 17.1 Å². The van der Waals surface area contributed by atoms with Crippen molar-refractivity contribution in [1.82, 2.24) is 0 Å². The highest BCUT2D eigenvalue weighted by Crippen LogP contribution is 2.53. The minimum absolute atomic E-state index is 0.141. The molecule has 2 aliphatic carbocycles. The molecule has 3 fully saturated rings. The van der Waals surface area contributed by atoms with E-state index >= 15 is 0 Å². The summed E-state index contributed by atoms with van der Waals surface area (Å²) in [6, 6.07) is 40.3. The molecule has 0 amide bonds. The van der Waals surface area contributed by atoms with Gasteiger partial charge in [0.2, 0.25) is 0 Å². The molecule has 278 valence electrons. The van der Waals surface area contributed by atoms with Crippen LogP contribution < -0.4 is 0 Å². The number of nitriles is 1. The highest BCUT2D eigenvalue weighted by atomic mass is 32.2. The maximum atomic E-state index is 12.5. The van der Waals surface area contributed by atoms with Crippen LogP contribution in [0.4, 0.5) is 0 Å². The molecule has 8 nitrogen and oxygen atoms in total. The van der Waals surface area contributed by atoms with E-state index in [0.717, 1.165) is 34.0 Å². The molecule has 0 bridgehead atoms. The molecule has 10 atom stereocenters. The van der Waals surface area contributed by atoms with Gasteiger partial charge in [0.25, 0.3) is 0 Å². The van der Waals surface area contributed by atoms with Gasteiger partial charge in [0.1, 0.15) is 17.6 Å².